The first-order valence-electron chi connectivity index (χ1n) is 8.22. The lowest BCUT2D eigenvalue weighted by molar-refractivity contribution is 0.456. The van der Waals surface area contributed by atoms with Gasteiger partial charge in [-0.1, -0.05) is 36.5 Å². The summed E-state index contributed by atoms with van der Waals surface area (Å²) < 4.78 is 4.03. The van der Waals surface area contributed by atoms with E-state index in [2.05, 4.69) is 36.5 Å². The van der Waals surface area contributed by atoms with Gasteiger partial charge in [-0.3, -0.25) is 0 Å². The Balaban J connectivity index is 1.80. The van der Waals surface area contributed by atoms with Crippen molar-refractivity contribution in [2.24, 2.45) is 0 Å². The molecule has 8 rings (SSSR count). The minimum absolute atomic E-state index is 0.159. The summed E-state index contributed by atoms with van der Waals surface area (Å²) in [7, 11) is 0. The van der Waals surface area contributed by atoms with Crippen molar-refractivity contribution < 1.29 is 10.2 Å². The van der Waals surface area contributed by atoms with Gasteiger partial charge < -0.3 is 10.2 Å². The first-order chi connectivity index (χ1) is 11.7. The Morgan fingerprint density at radius 2 is 1.50 bits per heavy atom. The molecular formula is C20H14O2S2. The maximum Gasteiger partial charge on any atom is 0.139 e. The lowest BCUT2D eigenvalue weighted by atomic mass is 9.82. The number of fused-ring (bicyclic) bond motifs is 1. The van der Waals surface area contributed by atoms with Crippen LogP contribution in [0.4, 0.5) is 0 Å². The number of thiophene rings is 2. The molecule has 0 spiro atoms. The Labute approximate surface area is 146 Å². The molecule has 118 valence electrons. The minimum Gasteiger partial charge on any atom is -0.506 e. The monoisotopic (exact) mass is 350 g/mol. The van der Waals surface area contributed by atoms with Crippen LogP contribution in [0.1, 0.15) is 35.8 Å². The maximum absolute atomic E-state index is 10.9. The van der Waals surface area contributed by atoms with Gasteiger partial charge in [-0.15, -0.1) is 22.7 Å². The number of allylic oxidation sites excluding steroid dienone is 6. The van der Waals surface area contributed by atoms with Gasteiger partial charge in [-0.25, -0.2) is 0 Å². The van der Waals surface area contributed by atoms with Gasteiger partial charge >= 0.3 is 0 Å². The van der Waals surface area contributed by atoms with Crippen LogP contribution in [-0.2, 0) is 0 Å². The SMILES string of the molecule is Oc1c2c(s/c1=c1/sc3c(c1O)C1C=CC=3CC1)=C1C=CC2C=C1. The van der Waals surface area contributed by atoms with Crippen molar-refractivity contribution in [3.05, 3.63) is 65.7 Å². The van der Waals surface area contributed by atoms with Gasteiger partial charge in [0.05, 0.1) is 9.06 Å². The molecule has 2 N–H and O–H groups in total. The fourth-order valence-corrected chi connectivity index (χ4v) is 7.02. The number of aromatic hydroxyl groups is 2. The van der Waals surface area contributed by atoms with E-state index < -0.39 is 0 Å². The van der Waals surface area contributed by atoms with Crippen molar-refractivity contribution >= 4 is 33.8 Å². The van der Waals surface area contributed by atoms with Gasteiger partial charge in [-0.05, 0) is 24.0 Å². The van der Waals surface area contributed by atoms with E-state index >= 15 is 0 Å². The molecule has 0 radical (unpaired) electrons. The Bertz CT molecular complexity index is 1200. The van der Waals surface area contributed by atoms with Gasteiger partial charge in [0.15, 0.2) is 0 Å². The fourth-order valence-electron chi connectivity index (χ4n) is 4.32. The van der Waals surface area contributed by atoms with E-state index in [-0.39, 0.29) is 5.92 Å². The van der Waals surface area contributed by atoms with E-state index in [0.717, 1.165) is 43.1 Å². The van der Waals surface area contributed by atoms with Crippen molar-refractivity contribution in [3.63, 3.8) is 0 Å². The highest BCUT2D eigenvalue weighted by atomic mass is 32.1. The quantitative estimate of drug-likeness (QED) is 0.764. The average Bonchev–Trinajstić information content (AvgIpc) is 3.18. The van der Waals surface area contributed by atoms with E-state index in [9.17, 15) is 10.2 Å². The summed E-state index contributed by atoms with van der Waals surface area (Å²) in [5.41, 5.74) is 4.58. The third-order valence-electron chi connectivity index (χ3n) is 5.52. The van der Waals surface area contributed by atoms with Crippen molar-refractivity contribution in [1.29, 1.82) is 0 Å². The smallest absolute Gasteiger partial charge is 0.139 e. The molecule has 0 aromatic carbocycles. The average molecular weight is 350 g/mol. The molecule has 0 saturated carbocycles. The Kier molecular flexibility index (Phi) is 2.39. The van der Waals surface area contributed by atoms with Crippen LogP contribution in [0.5, 0.6) is 11.5 Å². The van der Waals surface area contributed by atoms with Crippen molar-refractivity contribution in [3.8, 4) is 11.5 Å². The summed E-state index contributed by atoms with van der Waals surface area (Å²) in [6.07, 6.45) is 15.1. The molecule has 1 atom stereocenters. The van der Waals surface area contributed by atoms with Crippen LogP contribution < -0.4 is 9.06 Å². The first kappa shape index (κ1) is 13.3. The molecule has 0 saturated heterocycles. The molecule has 4 bridgehead atoms. The van der Waals surface area contributed by atoms with Crippen molar-refractivity contribution in [2.75, 3.05) is 0 Å². The standard InChI is InChI=1S/C20H14O2S2/c21-15-13-9-1-5-11(6-2-9)17(13)23-19(15)20-16(22)14-10-3-7-12(8-4-10)18(14)24-20/h1-3,5-7,9-10,21-22H,4,8H2/b20-19+. The van der Waals surface area contributed by atoms with Gasteiger partial charge in [0, 0.05) is 32.0 Å². The van der Waals surface area contributed by atoms with E-state index in [1.54, 1.807) is 22.7 Å². The molecule has 2 heterocycles. The minimum atomic E-state index is 0.159. The number of hydrogen-bond donors (Lipinski definition) is 2. The number of hydrogen-bond acceptors (Lipinski definition) is 4. The maximum atomic E-state index is 10.9. The molecule has 6 aliphatic rings. The lowest BCUT2D eigenvalue weighted by Gasteiger charge is -2.23. The van der Waals surface area contributed by atoms with E-state index in [4.69, 9.17) is 0 Å². The van der Waals surface area contributed by atoms with Crippen LogP contribution in [0, 0.1) is 9.06 Å². The van der Waals surface area contributed by atoms with Crippen LogP contribution in [0.3, 0.4) is 0 Å². The third-order valence-corrected chi connectivity index (χ3v) is 8.20. The van der Waals surface area contributed by atoms with Gasteiger partial charge in [-0.2, -0.15) is 0 Å². The molecule has 1 unspecified atom stereocenters. The summed E-state index contributed by atoms with van der Waals surface area (Å²) in [6.45, 7) is 0. The summed E-state index contributed by atoms with van der Waals surface area (Å²) in [4.78, 5) is 0. The molecule has 2 nitrogen and oxygen atoms in total. The van der Waals surface area contributed by atoms with Crippen LogP contribution in [-0.4, -0.2) is 10.2 Å². The summed E-state index contributed by atoms with van der Waals surface area (Å²) in [5.74, 6) is 1.22. The van der Waals surface area contributed by atoms with Gasteiger partial charge in [0.25, 0.3) is 0 Å². The van der Waals surface area contributed by atoms with Crippen LogP contribution >= 0.6 is 22.7 Å². The zero-order valence-electron chi connectivity index (χ0n) is 12.7. The molecule has 4 heteroatoms. The first-order valence-corrected chi connectivity index (χ1v) is 9.85. The lowest BCUT2D eigenvalue weighted by Crippen LogP contribution is -2.19. The zero-order valence-corrected chi connectivity index (χ0v) is 14.4. The molecule has 2 aromatic rings. The molecule has 0 amide bonds. The molecule has 0 fully saturated rings. The normalized spacial score (nSPS) is 24.1. The summed E-state index contributed by atoms with van der Waals surface area (Å²) in [5, 5.41) is 21.8. The highest BCUT2D eigenvalue weighted by Crippen LogP contribution is 2.42. The van der Waals surface area contributed by atoms with Crippen molar-refractivity contribution in [1.82, 2.24) is 0 Å². The molecule has 24 heavy (non-hydrogen) atoms. The van der Waals surface area contributed by atoms with E-state index in [0.29, 0.717) is 17.4 Å². The van der Waals surface area contributed by atoms with Gasteiger partial charge in [0.2, 0.25) is 0 Å². The van der Waals surface area contributed by atoms with E-state index in [1.165, 1.54) is 10.1 Å². The molecular weight excluding hydrogens is 336 g/mol. The Morgan fingerprint density at radius 1 is 0.792 bits per heavy atom. The second-order valence-corrected chi connectivity index (χ2v) is 8.82. The van der Waals surface area contributed by atoms with Crippen LogP contribution in [0.25, 0.3) is 11.1 Å². The summed E-state index contributed by atoms with van der Waals surface area (Å²) >= 11 is 3.25. The molecule has 0 aliphatic heterocycles. The largest absolute Gasteiger partial charge is 0.506 e. The summed E-state index contributed by atoms with van der Waals surface area (Å²) in [6, 6.07) is 0. The van der Waals surface area contributed by atoms with Crippen LogP contribution in [0.15, 0.2) is 36.5 Å². The predicted molar refractivity (Wildman–Crippen MR) is 97.8 cm³/mol. The van der Waals surface area contributed by atoms with Gasteiger partial charge in [0.1, 0.15) is 11.5 Å². The van der Waals surface area contributed by atoms with E-state index in [1.807, 2.05) is 0 Å². The van der Waals surface area contributed by atoms with Crippen molar-refractivity contribution in [2.45, 2.75) is 24.7 Å². The van der Waals surface area contributed by atoms with Crippen LogP contribution in [0.2, 0.25) is 0 Å². The topological polar surface area (TPSA) is 40.5 Å². The highest BCUT2D eigenvalue weighted by molar-refractivity contribution is 7.12. The zero-order chi connectivity index (χ0) is 16.0. The Hall–Kier alpha value is -2.04. The fraction of sp³-hybridized carbons (Fsp3) is 0.200. The molecule has 6 aliphatic carbocycles. The Morgan fingerprint density at radius 3 is 2.12 bits per heavy atom. The molecule has 2 aromatic heterocycles. The highest BCUT2D eigenvalue weighted by Gasteiger charge is 2.28. The predicted octanol–water partition coefficient (Wildman–Crippen LogP) is 3.48. The second kappa shape index (κ2) is 4.32. The second-order valence-electron chi connectivity index (χ2n) is 6.77. The number of rotatable bonds is 0. The third kappa shape index (κ3) is 1.47.